The summed E-state index contributed by atoms with van der Waals surface area (Å²) in [7, 11) is 2.89. The summed E-state index contributed by atoms with van der Waals surface area (Å²) in [5.41, 5.74) is 8.10. The lowest BCUT2D eigenvalue weighted by molar-refractivity contribution is 0.330. The lowest BCUT2D eigenvalue weighted by Gasteiger charge is -2.18. The van der Waals surface area contributed by atoms with Crippen molar-refractivity contribution in [1.29, 1.82) is 0 Å². The number of anilines is 1. The molecule has 0 saturated carbocycles. The maximum atomic E-state index is 14.5. The lowest BCUT2D eigenvalue weighted by atomic mass is 10.0. The van der Waals surface area contributed by atoms with Crippen molar-refractivity contribution in [3.63, 3.8) is 0 Å². The molecule has 0 aromatic heterocycles. The van der Waals surface area contributed by atoms with Crippen molar-refractivity contribution in [1.82, 2.24) is 0 Å². The number of nitrogen functional groups attached to an aromatic ring is 1. The maximum absolute atomic E-state index is 14.5. The Balaban J connectivity index is 2.10. The standard InChI is InChI=1S/C21H20FNO3/c1-24-20-17(11-14-7-4-3-5-8-14)19(13-18(22)21(20)25-2)26-16-10-6-9-15(23)12-16/h3-10,12-13H,11,23H2,1-2H3. The van der Waals surface area contributed by atoms with Gasteiger partial charge in [0.1, 0.15) is 11.5 Å². The zero-order valence-corrected chi connectivity index (χ0v) is 14.7. The molecule has 0 fully saturated rings. The Hall–Kier alpha value is -3.21. The summed E-state index contributed by atoms with van der Waals surface area (Å²) in [5, 5.41) is 0. The van der Waals surface area contributed by atoms with E-state index in [9.17, 15) is 4.39 Å². The van der Waals surface area contributed by atoms with Crippen LogP contribution in [0.3, 0.4) is 0 Å². The average Bonchev–Trinajstić information content (AvgIpc) is 2.64. The van der Waals surface area contributed by atoms with Crippen LogP contribution in [0.25, 0.3) is 0 Å². The number of halogens is 1. The monoisotopic (exact) mass is 353 g/mol. The largest absolute Gasteiger partial charge is 0.492 e. The molecule has 0 saturated heterocycles. The fourth-order valence-electron chi connectivity index (χ4n) is 2.79. The molecule has 0 spiro atoms. The van der Waals surface area contributed by atoms with Gasteiger partial charge < -0.3 is 19.9 Å². The van der Waals surface area contributed by atoms with Crippen LogP contribution in [-0.2, 0) is 6.42 Å². The van der Waals surface area contributed by atoms with Gasteiger partial charge in [-0.2, -0.15) is 0 Å². The van der Waals surface area contributed by atoms with Crippen LogP contribution < -0.4 is 19.9 Å². The Kier molecular flexibility index (Phi) is 5.27. The highest BCUT2D eigenvalue weighted by Gasteiger charge is 2.22. The van der Waals surface area contributed by atoms with Crippen LogP contribution in [0.15, 0.2) is 60.7 Å². The molecule has 0 aliphatic rings. The molecule has 0 aliphatic carbocycles. The van der Waals surface area contributed by atoms with E-state index >= 15 is 0 Å². The zero-order valence-electron chi connectivity index (χ0n) is 14.7. The quantitative estimate of drug-likeness (QED) is 0.646. The number of benzene rings is 3. The Morgan fingerprint density at radius 2 is 1.62 bits per heavy atom. The summed E-state index contributed by atoms with van der Waals surface area (Å²) in [6, 6.07) is 18.1. The van der Waals surface area contributed by atoms with Gasteiger partial charge in [0.05, 0.1) is 14.2 Å². The molecule has 0 unspecified atom stereocenters. The molecule has 4 nitrogen and oxygen atoms in total. The average molecular weight is 353 g/mol. The molecule has 26 heavy (non-hydrogen) atoms. The molecule has 0 amide bonds. The van der Waals surface area contributed by atoms with E-state index in [4.69, 9.17) is 19.9 Å². The highest BCUT2D eigenvalue weighted by molar-refractivity contribution is 5.57. The molecule has 0 radical (unpaired) electrons. The van der Waals surface area contributed by atoms with E-state index in [0.717, 1.165) is 5.56 Å². The predicted molar refractivity (Wildman–Crippen MR) is 99.7 cm³/mol. The second-order valence-corrected chi connectivity index (χ2v) is 5.74. The molecular formula is C21H20FNO3. The first-order valence-electron chi connectivity index (χ1n) is 8.13. The van der Waals surface area contributed by atoms with E-state index in [-0.39, 0.29) is 5.75 Å². The van der Waals surface area contributed by atoms with Crippen molar-refractivity contribution in [2.75, 3.05) is 20.0 Å². The minimum absolute atomic E-state index is 0.0540. The highest BCUT2D eigenvalue weighted by atomic mass is 19.1. The first-order chi connectivity index (χ1) is 12.6. The topological polar surface area (TPSA) is 53.7 Å². The molecule has 0 atom stereocenters. The van der Waals surface area contributed by atoms with Gasteiger partial charge in [-0.05, 0) is 17.7 Å². The van der Waals surface area contributed by atoms with Gasteiger partial charge in [0.2, 0.25) is 0 Å². The van der Waals surface area contributed by atoms with Crippen LogP contribution in [0, 0.1) is 5.82 Å². The third-order valence-electron chi connectivity index (χ3n) is 3.97. The molecule has 0 bridgehead atoms. The van der Waals surface area contributed by atoms with Gasteiger partial charge >= 0.3 is 0 Å². The Morgan fingerprint density at radius 3 is 2.27 bits per heavy atom. The van der Waals surface area contributed by atoms with E-state index < -0.39 is 5.82 Å². The first kappa shape index (κ1) is 17.6. The van der Waals surface area contributed by atoms with Gasteiger partial charge in [0.15, 0.2) is 17.3 Å². The van der Waals surface area contributed by atoms with Gasteiger partial charge in [0.25, 0.3) is 0 Å². The number of nitrogens with two attached hydrogens (primary N) is 1. The third-order valence-corrected chi connectivity index (χ3v) is 3.97. The minimum Gasteiger partial charge on any atom is -0.492 e. The van der Waals surface area contributed by atoms with Crippen LogP contribution in [-0.4, -0.2) is 14.2 Å². The number of hydrogen-bond acceptors (Lipinski definition) is 4. The van der Waals surface area contributed by atoms with Crippen LogP contribution in [0.4, 0.5) is 10.1 Å². The SMILES string of the molecule is COc1c(F)cc(Oc2cccc(N)c2)c(Cc2ccccc2)c1OC. The fraction of sp³-hybridized carbons (Fsp3) is 0.143. The van der Waals surface area contributed by atoms with Crippen molar-refractivity contribution in [2.45, 2.75) is 6.42 Å². The Bertz CT molecular complexity index is 897. The summed E-state index contributed by atoms with van der Waals surface area (Å²) in [6.07, 6.45) is 0.498. The van der Waals surface area contributed by atoms with Crippen molar-refractivity contribution in [3.8, 4) is 23.0 Å². The van der Waals surface area contributed by atoms with E-state index in [0.29, 0.717) is 34.9 Å². The van der Waals surface area contributed by atoms with Crippen LogP contribution >= 0.6 is 0 Å². The molecule has 3 aromatic rings. The van der Waals surface area contributed by atoms with Gasteiger partial charge in [-0.3, -0.25) is 0 Å². The number of rotatable bonds is 6. The molecule has 0 heterocycles. The molecule has 0 aliphatic heterocycles. The second-order valence-electron chi connectivity index (χ2n) is 5.74. The smallest absolute Gasteiger partial charge is 0.197 e. The van der Waals surface area contributed by atoms with Gasteiger partial charge in [-0.15, -0.1) is 0 Å². The Morgan fingerprint density at radius 1 is 0.885 bits per heavy atom. The number of ether oxygens (including phenoxy) is 3. The van der Waals surface area contributed by atoms with Crippen molar-refractivity contribution in [3.05, 3.63) is 77.6 Å². The van der Waals surface area contributed by atoms with E-state index in [2.05, 4.69) is 0 Å². The summed E-state index contributed by atoms with van der Waals surface area (Å²) in [4.78, 5) is 0. The lowest BCUT2D eigenvalue weighted by Crippen LogP contribution is -2.03. The fourth-order valence-corrected chi connectivity index (χ4v) is 2.79. The van der Waals surface area contributed by atoms with Crippen LogP contribution in [0.2, 0.25) is 0 Å². The van der Waals surface area contributed by atoms with Crippen LogP contribution in [0.1, 0.15) is 11.1 Å². The number of methoxy groups -OCH3 is 2. The van der Waals surface area contributed by atoms with Gasteiger partial charge in [0, 0.05) is 29.8 Å². The van der Waals surface area contributed by atoms with Crippen LogP contribution in [0.5, 0.6) is 23.0 Å². The second kappa shape index (κ2) is 7.78. The number of hydrogen-bond donors (Lipinski definition) is 1. The summed E-state index contributed by atoms with van der Waals surface area (Å²) in [5.74, 6) is 0.689. The normalized spacial score (nSPS) is 10.4. The minimum atomic E-state index is -0.555. The van der Waals surface area contributed by atoms with Crippen molar-refractivity contribution >= 4 is 5.69 Å². The predicted octanol–water partition coefficient (Wildman–Crippen LogP) is 4.81. The first-order valence-corrected chi connectivity index (χ1v) is 8.13. The van der Waals surface area contributed by atoms with E-state index in [1.807, 2.05) is 30.3 Å². The van der Waals surface area contributed by atoms with Crippen molar-refractivity contribution in [2.24, 2.45) is 0 Å². The highest BCUT2D eigenvalue weighted by Crippen LogP contribution is 2.42. The van der Waals surface area contributed by atoms with Gasteiger partial charge in [-0.25, -0.2) is 4.39 Å². The molecule has 3 rings (SSSR count). The third kappa shape index (κ3) is 3.72. The molecule has 5 heteroatoms. The summed E-state index contributed by atoms with van der Waals surface area (Å²) >= 11 is 0. The molecule has 3 aromatic carbocycles. The van der Waals surface area contributed by atoms with Gasteiger partial charge in [-0.1, -0.05) is 36.4 Å². The van der Waals surface area contributed by atoms with Crippen molar-refractivity contribution < 1.29 is 18.6 Å². The maximum Gasteiger partial charge on any atom is 0.197 e. The van der Waals surface area contributed by atoms with E-state index in [1.54, 1.807) is 24.3 Å². The molecule has 134 valence electrons. The zero-order chi connectivity index (χ0) is 18.5. The summed E-state index contributed by atoms with van der Waals surface area (Å²) in [6.45, 7) is 0. The Labute approximate surface area is 151 Å². The van der Waals surface area contributed by atoms with E-state index in [1.165, 1.54) is 20.3 Å². The molecular weight excluding hydrogens is 333 g/mol. The summed E-state index contributed by atoms with van der Waals surface area (Å²) < 4.78 is 31.1. The molecule has 2 N–H and O–H groups in total.